The quantitative estimate of drug-likeness (QED) is 0.303. The number of carbonyl (C=O) groups is 1. The van der Waals surface area contributed by atoms with Crippen molar-refractivity contribution in [1.82, 2.24) is 0 Å². The molecule has 25 heavy (non-hydrogen) atoms. The molecule has 0 aliphatic carbocycles. The minimum absolute atomic E-state index is 0.0280. The molecule has 0 aromatic rings. The lowest BCUT2D eigenvalue weighted by Gasteiger charge is -2.07. The summed E-state index contributed by atoms with van der Waals surface area (Å²) in [4.78, 5) is 11.3. The van der Waals surface area contributed by atoms with Crippen LogP contribution in [-0.4, -0.2) is 46.7 Å². The highest BCUT2D eigenvalue weighted by Crippen LogP contribution is 2.12. The van der Waals surface area contributed by atoms with Gasteiger partial charge in [-0.3, -0.25) is 4.79 Å². The van der Waals surface area contributed by atoms with Gasteiger partial charge in [-0.2, -0.15) is 0 Å². The van der Waals surface area contributed by atoms with Gasteiger partial charge in [0.1, 0.15) is 6.10 Å². The van der Waals surface area contributed by atoms with Gasteiger partial charge in [0.25, 0.3) is 0 Å². The molecule has 0 saturated heterocycles. The number of hydrogen-bond acceptors (Lipinski definition) is 5. The molecule has 0 radical (unpaired) electrons. The molecule has 0 atom stereocenters. The van der Waals surface area contributed by atoms with Crippen molar-refractivity contribution in [2.45, 2.75) is 110 Å². The third-order valence-corrected chi connectivity index (χ3v) is 3.77. The predicted octanol–water partition coefficient (Wildman–Crippen LogP) is 3.97. The number of hydrogen-bond donors (Lipinski definition) is 3. The first-order valence-electron chi connectivity index (χ1n) is 10.1. The Bertz CT molecular complexity index is 265. The highest BCUT2D eigenvalue weighted by Gasteiger charge is 2.04. The summed E-state index contributed by atoms with van der Waals surface area (Å²) in [6, 6.07) is 0. The number of rotatable bonds is 15. The van der Waals surface area contributed by atoms with Gasteiger partial charge in [-0.15, -0.1) is 0 Å². The molecule has 0 amide bonds. The standard InChI is InChI=1S/C17H34O2.C3H8O3/c1-4-5-6-7-8-9-10-11-12-13-14-15-17(18)19-16(2)3;4-1-3(6)2-5/h16H,4-15H2,1-3H3;3-6H,1-2H2. The summed E-state index contributed by atoms with van der Waals surface area (Å²) >= 11 is 0. The zero-order valence-corrected chi connectivity index (χ0v) is 16.7. The van der Waals surface area contributed by atoms with Gasteiger partial charge in [-0.05, 0) is 20.3 Å². The van der Waals surface area contributed by atoms with Crippen LogP contribution in [0.3, 0.4) is 0 Å². The van der Waals surface area contributed by atoms with Crippen LogP contribution in [0.1, 0.15) is 97.8 Å². The van der Waals surface area contributed by atoms with Crippen molar-refractivity contribution >= 4 is 5.97 Å². The van der Waals surface area contributed by atoms with Gasteiger partial charge in [0.15, 0.2) is 0 Å². The van der Waals surface area contributed by atoms with E-state index in [9.17, 15) is 4.79 Å². The van der Waals surface area contributed by atoms with Crippen molar-refractivity contribution in [3.63, 3.8) is 0 Å². The average Bonchev–Trinajstić information content (AvgIpc) is 2.58. The van der Waals surface area contributed by atoms with Crippen LogP contribution in [0, 0.1) is 0 Å². The highest BCUT2D eigenvalue weighted by molar-refractivity contribution is 5.69. The Labute approximate surface area is 154 Å². The molecular weight excluding hydrogens is 320 g/mol. The second kappa shape index (κ2) is 21.4. The van der Waals surface area contributed by atoms with Gasteiger partial charge in [0.05, 0.1) is 19.3 Å². The van der Waals surface area contributed by atoms with Crippen molar-refractivity contribution in [2.75, 3.05) is 13.2 Å². The van der Waals surface area contributed by atoms with E-state index in [0.29, 0.717) is 6.42 Å². The van der Waals surface area contributed by atoms with E-state index in [2.05, 4.69) is 6.92 Å². The summed E-state index contributed by atoms with van der Waals surface area (Å²) in [7, 11) is 0. The Hall–Kier alpha value is -0.650. The van der Waals surface area contributed by atoms with E-state index in [0.717, 1.165) is 6.42 Å². The average molecular weight is 363 g/mol. The van der Waals surface area contributed by atoms with E-state index in [-0.39, 0.29) is 25.3 Å². The van der Waals surface area contributed by atoms with Crippen molar-refractivity contribution in [3.8, 4) is 0 Å². The van der Waals surface area contributed by atoms with Crippen molar-refractivity contribution in [2.24, 2.45) is 0 Å². The molecular formula is C20H42O5. The lowest BCUT2D eigenvalue weighted by Crippen LogP contribution is -2.15. The summed E-state index contributed by atoms with van der Waals surface area (Å²) in [6.07, 6.45) is 14.1. The van der Waals surface area contributed by atoms with E-state index in [4.69, 9.17) is 20.1 Å². The maximum atomic E-state index is 11.3. The molecule has 0 aromatic carbocycles. The van der Waals surface area contributed by atoms with E-state index >= 15 is 0 Å². The zero-order valence-electron chi connectivity index (χ0n) is 16.7. The topological polar surface area (TPSA) is 87.0 Å². The van der Waals surface area contributed by atoms with Gasteiger partial charge in [0, 0.05) is 6.42 Å². The van der Waals surface area contributed by atoms with Crippen LogP contribution in [0.2, 0.25) is 0 Å². The molecule has 0 fully saturated rings. The summed E-state index contributed by atoms with van der Waals surface area (Å²) in [5.41, 5.74) is 0. The van der Waals surface area contributed by atoms with Gasteiger partial charge >= 0.3 is 5.97 Å². The predicted molar refractivity (Wildman–Crippen MR) is 102 cm³/mol. The lowest BCUT2D eigenvalue weighted by atomic mass is 10.1. The highest BCUT2D eigenvalue weighted by atomic mass is 16.5. The maximum absolute atomic E-state index is 11.3. The van der Waals surface area contributed by atoms with Crippen LogP contribution in [0.5, 0.6) is 0 Å². The fourth-order valence-corrected chi connectivity index (χ4v) is 2.31. The molecule has 0 aliphatic heterocycles. The Morgan fingerprint density at radius 3 is 1.52 bits per heavy atom. The van der Waals surface area contributed by atoms with Crippen LogP contribution < -0.4 is 0 Å². The van der Waals surface area contributed by atoms with E-state index in [1.54, 1.807) is 0 Å². The Morgan fingerprint density at radius 2 is 1.20 bits per heavy atom. The molecule has 0 saturated carbocycles. The molecule has 5 heteroatoms. The largest absolute Gasteiger partial charge is 0.463 e. The number of aliphatic hydroxyl groups excluding tert-OH is 3. The van der Waals surface area contributed by atoms with Gasteiger partial charge in [0.2, 0.25) is 0 Å². The second-order valence-electron chi connectivity index (χ2n) is 6.84. The number of unbranched alkanes of at least 4 members (excludes halogenated alkanes) is 10. The first-order chi connectivity index (χ1) is 12.0. The van der Waals surface area contributed by atoms with Crippen LogP contribution in [0.25, 0.3) is 0 Å². The van der Waals surface area contributed by atoms with Crippen molar-refractivity contribution in [3.05, 3.63) is 0 Å². The van der Waals surface area contributed by atoms with Crippen molar-refractivity contribution in [1.29, 1.82) is 0 Å². The number of esters is 1. The summed E-state index contributed by atoms with van der Waals surface area (Å²) in [6.45, 7) is 5.33. The van der Waals surface area contributed by atoms with Gasteiger partial charge < -0.3 is 20.1 Å². The number of aliphatic hydroxyl groups is 3. The van der Waals surface area contributed by atoms with E-state index in [1.165, 1.54) is 64.2 Å². The molecule has 3 N–H and O–H groups in total. The minimum atomic E-state index is -0.954. The third kappa shape index (κ3) is 25.7. The molecule has 0 rings (SSSR count). The zero-order chi connectivity index (χ0) is 19.3. The smallest absolute Gasteiger partial charge is 0.306 e. The number of ether oxygens (including phenoxy) is 1. The molecule has 5 nitrogen and oxygen atoms in total. The van der Waals surface area contributed by atoms with E-state index < -0.39 is 6.10 Å². The SMILES string of the molecule is CCCCCCCCCCCCCC(=O)OC(C)C.OCC(O)CO. The second-order valence-corrected chi connectivity index (χ2v) is 6.84. The number of carbonyl (C=O) groups excluding carboxylic acids is 1. The van der Waals surface area contributed by atoms with Gasteiger partial charge in [-0.1, -0.05) is 71.1 Å². The Balaban J connectivity index is 0. The summed E-state index contributed by atoms with van der Waals surface area (Å²) < 4.78 is 5.10. The summed E-state index contributed by atoms with van der Waals surface area (Å²) in [5, 5.41) is 24.0. The summed E-state index contributed by atoms with van der Waals surface area (Å²) in [5.74, 6) is -0.0362. The molecule has 0 spiro atoms. The normalized spacial score (nSPS) is 10.7. The van der Waals surface area contributed by atoms with E-state index in [1.807, 2.05) is 13.8 Å². The molecule has 0 unspecified atom stereocenters. The van der Waals surface area contributed by atoms with Crippen LogP contribution in [-0.2, 0) is 9.53 Å². The fourth-order valence-electron chi connectivity index (χ4n) is 2.31. The molecule has 152 valence electrons. The molecule has 0 bridgehead atoms. The maximum Gasteiger partial charge on any atom is 0.306 e. The first kappa shape index (κ1) is 26.6. The fraction of sp³-hybridized carbons (Fsp3) is 0.950. The molecule has 0 aliphatic rings. The third-order valence-electron chi connectivity index (χ3n) is 3.77. The Morgan fingerprint density at radius 1 is 0.800 bits per heavy atom. The Kier molecular flexibility index (Phi) is 22.7. The van der Waals surface area contributed by atoms with Gasteiger partial charge in [-0.25, -0.2) is 0 Å². The van der Waals surface area contributed by atoms with Crippen LogP contribution in [0.15, 0.2) is 0 Å². The van der Waals surface area contributed by atoms with Crippen LogP contribution >= 0.6 is 0 Å². The molecule has 0 aromatic heterocycles. The minimum Gasteiger partial charge on any atom is -0.463 e. The lowest BCUT2D eigenvalue weighted by molar-refractivity contribution is -0.147. The monoisotopic (exact) mass is 362 g/mol. The van der Waals surface area contributed by atoms with Crippen molar-refractivity contribution < 1.29 is 24.9 Å². The van der Waals surface area contributed by atoms with Crippen LogP contribution in [0.4, 0.5) is 0 Å². The molecule has 0 heterocycles. The first-order valence-corrected chi connectivity index (χ1v) is 10.1.